The fraction of sp³-hybridized carbons (Fsp3) is 0.429. The van der Waals surface area contributed by atoms with Crippen molar-refractivity contribution < 1.29 is 8.91 Å². The molecule has 1 fully saturated rings. The highest BCUT2D eigenvalue weighted by molar-refractivity contribution is 5.85. The molecule has 0 unspecified atom stereocenters. The summed E-state index contributed by atoms with van der Waals surface area (Å²) in [4.78, 5) is 6.39. The summed E-state index contributed by atoms with van der Waals surface area (Å²) in [6, 6.07) is 7.33. The topological polar surface area (TPSA) is 68.2 Å². The molecule has 1 aliphatic rings. The van der Waals surface area contributed by atoms with Gasteiger partial charge in [0.05, 0.1) is 13.1 Å². The minimum absolute atomic E-state index is 0. The van der Waals surface area contributed by atoms with Gasteiger partial charge in [-0.05, 0) is 18.9 Å². The molecule has 1 aliphatic carbocycles. The molecule has 7 heteroatoms. The Hall–Kier alpha value is -1.50. The van der Waals surface area contributed by atoms with Gasteiger partial charge in [-0.1, -0.05) is 23.4 Å². The van der Waals surface area contributed by atoms with Gasteiger partial charge in [0.1, 0.15) is 5.82 Å². The van der Waals surface area contributed by atoms with E-state index in [1.54, 1.807) is 6.07 Å². The van der Waals surface area contributed by atoms with E-state index in [1.165, 1.54) is 6.07 Å². The molecule has 1 heterocycles. The Morgan fingerprint density at radius 2 is 2.05 bits per heavy atom. The van der Waals surface area contributed by atoms with Crippen LogP contribution in [0.4, 0.5) is 4.39 Å². The van der Waals surface area contributed by atoms with E-state index in [-0.39, 0.29) is 24.8 Å². The molecule has 0 aliphatic heterocycles. The molecule has 0 spiro atoms. The van der Waals surface area contributed by atoms with Crippen LogP contribution in [0.5, 0.6) is 0 Å². The number of nitrogens with zero attached hydrogens (tertiary/aromatic N) is 3. The molecular formula is C14H18ClFN4O. The highest BCUT2D eigenvalue weighted by atomic mass is 35.5. The van der Waals surface area contributed by atoms with Crippen LogP contribution in [0.3, 0.4) is 0 Å². The molecular weight excluding hydrogens is 295 g/mol. The fourth-order valence-corrected chi connectivity index (χ4v) is 2.22. The Balaban J connectivity index is 0.00000161. The average Bonchev–Trinajstić information content (AvgIpc) is 3.21. The molecule has 0 bridgehead atoms. The van der Waals surface area contributed by atoms with E-state index in [0.29, 0.717) is 36.4 Å². The Kier molecular flexibility index (Phi) is 5.27. The fourth-order valence-electron chi connectivity index (χ4n) is 2.22. The van der Waals surface area contributed by atoms with Crippen LogP contribution < -0.4 is 5.73 Å². The van der Waals surface area contributed by atoms with Crippen molar-refractivity contribution in [3.8, 4) is 0 Å². The minimum Gasteiger partial charge on any atom is -0.338 e. The average molecular weight is 313 g/mol. The highest BCUT2D eigenvalue weighted by Gasteiger charge is 2.30. The van der Waals surface area contributed by atoms with E-state index in [1.807, 2.05) is 12.1 Å². The highest BCUT2D eigenvalue weighted by Crippen LogP contribution is 2.29. The van der Waals surface area contributed by atoms with Gasteiger partial charge in [0, 0.05) is 18.2 Å². The Bertz CT molecular complexity index is 588. The SMILES string of the molecule is Cl.NCc1nc(CN(Cc2ccccc2F)C2CC2)no1. The number of benzene rings is 1. The van der Waals surface area contributed by atoms with Crippen LogP contribution in [-0.4, -0.2) is 21.1 Å². The first-order chi connectivity index (χ1) is 9.76. The number of hydrogen-bond donors (Lipinski definition) is 1. The third-order valence-corrected chi connectivity index (χ3v) is 3.42. The number of hydrogen-bond acceptors (Lipinski definition) is 5. The molecule has 1 aromatic carbocycles. The first-order valence-electron chi connectivity index (χ1n) is 6.75. The van der Waals surface area contributed by atoms with E-state index in [9.17, 15) is 4.39 Å². The second-order valence-electron chi connectivity index (χ2n) is 5.04. The summed E-state index contributed by atoms with van der Waals surface area (Å²) < 4.78 is 18.7. The van der Waals surface area contributed by atoms with Gasteiger partial charge < -0.3 is 10.3 Å². The molecule has 1 saturated carbocycles. The van der Waals surface area contributed by atoms with Crippen LogP contribution in [0.15, 0.2) is 28.8 Å². The zero-order valence-electron chi connectivity index (χ0n) is 11.5. The number of rotatable bonds is 6. The molecule has 3 rings (SSSR count). The van der Waals surface area contributed by atoms with Crippen molar-refractivity contribution in [2.75, 3.05) is 0 Å². The van der Waals surface area contributed by atoms with E-state index in [2.05, 4.69) is 15.0 Å². The maximum Gasteiger partial charge on any atom is 0.240 e. The van der Waals surface area contributed by atoms with Gasteiger partial charge in [0.2, 0.25) is 5.89 Å². The van der Waals surface area contributed by atoms with Crippen LogP contribution >= 0.6 is 12.4 Å². The summed E-state index contributed by atoms with van der Waals surface area (Å²) in [7, 11) is 0. The van der Waals surface area contributed by atoms with Crippen LogP contribution in [0.1, 0.15) is 30.1 Å². The van der Waals surface area contributed by atoms with Gasteiger partial charge in [0.25, 0.3) is 0 Å². The molecule has 1 aromatic heterocycles. The van der Waals surface area contributed by atoms with Crippen molar-refractivity contribution in [3.63, 3.8) is 0 Å². The number of halogens is 2. The summed E-state index contributed by atoms with van der Waals surface area (Å²) in [5.41, 5.74) is 6.15. The molecule has 5 nitrogen and oxygen atoms in total. The van der Waals surface area contributed by atoms with Crippen molar-refractivity contribution in [2.24, 2.45) is 5.73 Å². The Labute approximate surface area is 128 Å². The van der Waals surface area contributed by atoms with Gasteiger partial charge in [-0.3, -0.25) is 4.90 Å². The maximum absolute atomic E-state index is 13.7. The number of nitrogens with two attached hydrogens (primary N) is 1. The first-order valence-corrected chi connectivity index (χ1v) is 6.75. The number of aromatic nitrogens is 2. The van der Waals surface area contributed by atoms with Crippen molar-refractivity contribution >= 4 is 12.4 Å². The molecule has 0 radical (unpaired) electrons. The summed E-state index contributed by atoms with van der Waals surface area (Å²) in [5, 5.41) is 3.90. The molecule has 0 amide bonds. The van der Waals surface area contributed by atoms with E-state index in [0.717, 1.165) is 12.8 Å². The van der Waals surface area contributed by atoms with Crippen molar-refractivity contribution in [2.45, 2.75) is 38.5 Å². The second kappa shape index (κ2) is 6.98. The van der Waals surface area contributed by atoms with Crippen molar-refractivity contribution in [1.29, 1.82) is 0 Å². The van der Waals surface area contributed by atoms with Crippen molar-refractivity contribution in [3.05, 3.63) is 47.4 Å². The minimum atomic E-state index is -0.172. The van der Waals surface area contributed by atoms with Crippen LogP contribution in [-0.2, 0) is 19.6 Å². The predicted octanol–water partition coefficient (Wildman–Crippen LogP) is 2.25. The van der Waals surface area contributed by atoms with Crippen molar-refractivity contribution in [1.82, 2.24) is 15.0 Å². The van der Waals surface area contributed by atoms with Crippen LogP contribution in [0, 0.1) is 5.82 Å². The summed E-state index contributed by atoms with van der Waals surface area (Å²) >= 11 is 0. The quantitative estimate of drug-likeness (QED) is 0.886. The van der Waals surface area contributed by atoms with Gasteiger partial charge in [-0.2, -0.15) is 4.98 Å². The third-order valence-electron chi connectivity index (χ3n) is 3.42. The molecule has 0 atom stereocenters. The summed E-state index contributed by atoms with van der Waals surface area (Å²) in [6.45, 7) is 1.36. The summed E-state index contributed by atoms with van der Waals surface area (Å²) in [6.07, 6.45) is 2.27. The van der Waals surface area contributed by atoms with E-state index in [4.69, 9.17) is 10.3 Å². The summed E-state index contributed by atoms with van der Waals surface area (Å²) in [5.74, 6) is 0.865. The van der Waals surface area contributed by atoms with Gasteiger partial charge >= 0.3 is 0 Å². The maximum atomic E-state index is 13.7. The first kappa shape index (κ1) is 15.9. The third kappa shape index (κ3) is 4.00. The lowest BCUT2D eigenvalue weighted by Gasteiger charge is -2.20. The van der Waals surface area contributed by atoms with E-state index >= 15 is 0 Å². The zero-order valence-corrected chi connectivity index (χ0v) is 12.4. The molecule has 0 saturated heterocycles. The smallest absolute Gasteiger partial charge is 0.240 e. The van der Waals surface area contributed by atoms with Gasteiger partial charge in [-0.15, -0.1) is 12.4 Å². The van der Waals surface area contributed by atoms with Crippen LogP contribution in [0.25, 0.3) is 0 Å². The normalized spacial score (nSPS) is 14.2. The molecule has 2 aromatic rings. The molecule has 2 N–H and O–H groups in total. The van der Waals surface area contributed by atoms with Gasteiger partial charge in [-0.25, -0.2) is 4.39 Å². The lowest BCUT2D eigenvalue weighted by Crippen LogP contribution is -2.26. The molecule has 114 valence electrons. The standard InChI is InChI=1S/C14H17FN4O.ClH/c15-12-4-2-1-3-10(12)8-19(11-5-6-11)9-13-17-14(7-16)20-18-13;/h1-4,11H,5-9,16H2;1H. The largest absolute Gasteiger partial charge is 0.338 e. The molecule has 21 heavy (non-hydrogen) atoms. The predicted molar refractivity (Wildman–Crippen MR) is 78.1 cm³/mol. The van der Waals surface area contributed by atoms with E-state index < -0.39 is 0 Å². The second-order valence-corrected chi connectivity index (χ2v) is 5.04. The van der Waals surface area contributed by atoms with Crippen LogP contribution in [0.2, 0.25) is 0 Å². The van der Waals surface area contributed by atoms with Gasteiger partial charge in [0.15, 0.2) is 5.82 Å². The lowest BCUT2D eigenvalue weighted by molar-refractivity contribution is 0.232. The Morgan fingerprint density at radius 3 is 2.67 bits per heavy atom. The monoisotopic (exact) mass is 312 g/mol. The Morgan fingerprint density at radius 1 is 1.29 bits per heavy atom. The zero-order chi connectivity index (χ0) is 13.9. The lowest BCUT2D eigenvalue weighted by atomic mass is 10.2.